The summed E-state index contributed by atoms with van der Waals surface area (Å²) < 4.78 is 33.2. The predicted molar refractivity (Wildman–Crippen MR) is 127 cm³/mol. The highest BCUT2D eigenvalue weighted by atomic mass is 35.5. The summed E-state index contributed by atoms with van der Waals surface area (Å²) in [6, 6.07) is 13.5. The molecule has 3 atom stereocenters. The normalized spacial score (nSPS) is 17.1. The summed E-state index contributed by atoms with van der Waals surface area (Å²) in [6.07, 6.45) is 3.02. The van der Waals surface area contributed by atoms with Gasteiger partial charge in [-0.05, 0) is 61.5 Å². The molecule has 1 N–H and O–H groups in total. The third-order valence-corrected chi connectivity index (χ3v) is 7.12. The van der Waals surface area contributed by atoms with Gasteiger partial charge >= 0.3 is 0 Å². The zero-order valence-electron chi connectivity index (χ0n) is 17.5. The van der Waals surface area contributed by atoms with E-state index in [9.17, 15) is 18.0 Å². The molecule has 1 aliphatic rings. The molecule has 0 bridgehead atoms. The minimum absolute atomic E-state index is 0.176. The van der Waals surface area contributed by atoms with Crippen LogP contribution >= 0.6 is 11.6 Å². The summed E-state index contributed by atoms with van der Waals surface area (Å²) in [5.41, 5.74) is 0.384. The zero-order chi connectivity index (χ0) is 24.2. The first-order valence-electron chi connectivity index (χ1n) is 9.67. The molecule has 3 aromatic rings. The Hall–Kier alpha value is -3.48. The Kier molecular flexibility index (Phi) is 7.10. The highest BCUT2D eigenvalue weighted by Crippen LogP contribution is 2.22. The Morgan fingerprint density at radius 3 is 2.35 bits per heavy atom. The van der Waals surface area contributed by atoms with E-state index in [-0.39, 0.29) is 23.0 Å². The molecule has 0 aliphatic carbocycles. The number of anilines is 1. The van der Waals surface area contributed by atoms with Gasteiger partial charge in [0.1, 0.15) is 5.75 Å². The van der Waals surface area contributed by atoms with E-state index in [0.29, 0.717) is 14.9 Å². The van der Waals surface area contributed by atoms with Gasteiger partial charge in [0.25, 0.3) is 11.8 Å². The van der Waals surface area contributed by atoms with E-state index >= 15 is 0 Å². The number of hydrogen-bond acceptors (Lipinski definition) is 8. The zero-order valence-corrected chi connectivity index (χ0v) is 19.8. The second-order valence-corrected chi connectivity index (χ2v) is 9.65. The van der Waals surface area contributed by atoms with Gasteiger partial charge in [0.15, 0.2) is 16.2 Å². The summed E-state index contributed by atoms with van der Waals surface area (Å²) in [5.74, 6) is -1.05. The largest absolute Gasteiger partial charge is 0.400 e. The molecule has 1 aliphatic heterocycles. The molecule has 0 radical (unpaired) electrons. The Morgan fingerprint density at radius 1 is 1.06 bits per heavy atom. The van der Waals surface area contributed by atoms with Crippen LogP contribution in [-0.4, -0.2) is 46.2 Å². The molecule has 34 heavy (non-hydrogen) atoms. The van der Waals surface area contributed by atoms with Crippen molar-refractivity contribution in [1.29, 1.82) is 0 Å². The van der Waals surface area contributed by atoms with E-state index in [1.54, 1.807) is 6.07 Å². The number of aromatic nitrogens is 2. The third-order valence-electron chi connectivity index (χ3n) is 4.51. The fraction of sp³-hybridized carbons (Fsp3) is 0.0952. The lowest BCUT2D eigenvalue weighted by molar-refractivity contribution is -0.125. The van der Waals surface area contributed by atoms with Gasteiger partial charge in [-0.25, -0.2) is 18.4 Å². The predicted octanol–water partition coefficient (Wildman–Crippen LogP) is 2.73. The molecule has 3 unspecified atom stereocenters. The Balaban J connectivity index is 1.41. The number of carbonyl (C=O) groups is 2. The van der Waals surface area contributed by atoms with Crippen molar-refractivity contribution >= 4 is 57.1 Å². The molecule has 0 saturated heterocycles. The molecule has 10 nitrogen and oxygen atoms in total. The van der Waals surface area contributed by atoms with Crippen LogP contribution in [0.2, 0.25) is 5.02 Å². The Labute approximate surface area is 204 Å². The minimum Gasteiger partial charge on any atom is -0.400 e. The number of benzene rings is 2. The summed E-state index contributed by atoms with van der Waals surface area (Å²) in [4.78, 5) is 33.7. The first-order chi connectivity index (χ1) is 16.3. The summed E-state index contributed by atoms with van der Waals surface area (Å²) >= 11 is 3.67. The quantitative estimate of drug-likeness (QED) is 0.477. The number of hydrogen-bond donors (Lipinski definition) is 1. The van der Waals surface area contributed by atoms with Crippen molar-refractivity contribution in [1.82, 2.24) is 15.0 Å². The van der Waals surface area contributed by atoms with Gasteiger partial charge in [-0.15, -0.1) is 0 Å². The van der Waals surface area contributed by atoms with Crippen molar-refractivity contribution in [3.8, 4) is 5.75 Å². The molecular formula is C21H16ClN5O5S2. The van der Waals surface area contributed by atoms with Gasteiger partial charge in [-0.2, -0.15) is 10.1 Å². The number of nitrogens with one attached hydrogen (secondary N) is 1. The van der Waals surface area contributed by atoms with E-state index < -0.39 is 39.1 Å². The van der Waals surface area contributed by atoms with Crippen LogP contribution in [0.5, 0.6) is 5.75 Å². The van der Waals surface area contributed by atoms with Crippen LogP contribution < -0.4 is 8.91 Å². The average molecular weight is 518 g/mol. The molecule has 4 rings (SSSR count). The number of amides is 2. The maximum atomic E-state index is 12.8. The summed E-state index contributed by atoms with van der Waals surface area (Å²) in [7, 11) is -1.63. The highest BCUT2D eigenvalue weighted by Gasteiger charge is 2.43. The molecule has 13 heteroatoms. The van der Waals surface area contributed by atoms with Crippen LogP contribution in [0.3, 0.4) is 0 Å². The van der Waals surface area contributed by atoms with E-state index in [1.165, 1.54) is 67.8 Å². The van der Waals surface area contributed by atoms with Crippen molar-refractivity contribution in [3.63, 3.8) is 0 Å². The maximum absolute atomic E-state index is 12.8. The second kappa shape index (κ2) is 10.2. The number of carbonyl (C=O) groups excluding carboxylic acids is 2. The van der Waals surface area contributed by atoms with Gasteiger partial charge in [-0.1, -0.05) is 11.6 Å². The van der Waals surface area contributed by atoms with Crippen molar-refractivity contribution in [2.75, 3.05) is 4.72 Å². The van der Waals surface area contributed by atoms with Gasteiger partial charge < -0.3 is 4.18 Å². The SMILES string of the molecule is CC1=NN(C(=O)c2ccc(Cl)cc2)C(=O)C1S(=O)Oc1ccc(S(=O)Nc2ncccn2)cc1. The monoisotopic (exact) mass is 517 g/mol. The van der Waals surface area contributed by atoms with Gasteiger partial charge in [-0.3, -0.25) is 14.3 Å². The molecule has 2 amide bonds. The van der Waals surface area contributed by atoms with E-state index in [1.807, 2.05) is 0 Å². The Morgan fingerprint density at radius 2 is 1.71 bits per heavy atom. The first kappa shape index (κ1) is 23.7. The second-order valence-electron chi connectivity index (χ2n) is 6.84. The molecule has 0 fully saturated rings. The van der Waals surface area contributed by atoms with Crippen LogP contribution in [0.15, 0.2) is 77.0 Å². The van der Waals surface area contributed by atoms with Crippen LogP contribution in [0.1, 0.15) is 17.3 Å². The average Bonchev–Trinajstić information content (AvgIpc) is 3.14. The van der Waals surface area contributed by atoms with Crippen LogP contribution in [0, 0.1) is 0 Å². The van der Waals surface area contributed by atoms with Crippen molar-refractivity contribution in [3.05, 3.63) is 77.6 Å². The van der Waals surface area contributed by atoms with Gasteiger partial charge in [0.05, 0.1) is 10.6 Å². The lowest BCUT2D eigenvalue weighted by Gasteiger charge is -2.13. The van der Waals surface area contributed by atoms with Gasteiger partial charge in [0.2, 0.25) is 17.0 Å². The molecule has 2 heterocycles. The van der Waals surface area contributed by atoms with Gasteiger partial charge in [0, 0.05) is 23.0 Å². The number of hydrazone groups is 1. The topological polar surface area (TPSA) is 131 Å². The van der Waals surface area contributed by atoms with Crippen LogP contribution in [-0.2, 0) is 26.9 Å². The van der Waals surface area contributed by atoms with Crippen molar-refractivity contribution in [2.45, 2.75) is 17.1 Å². The fourth-order valence-corrected chi connectivity index (χ4v) is 4.77. The van der Waals surface area contributed by atoms with E-state index in [2.05, 4.69) is 19.8 Å². The molecule has 2 aromatic carbocycles. The highest BCUT2D eigenvalue weighted by molar-refractivity contribution is 7.86. The first-order valence-corrected chi connectivity index (χ1v) is 12.3. The number of nitrogens with zero attached hydrogens (tertiary/aromatic N) is 4. The molecule has 0 spiro atoms. The summed E-state index contributed by atoms with van der Waals surface area (Å²) in [6.45, 7) is 1.49. The van der Waals surface area contributed by atoms with E-state index in [0.717, 1.165) is 0 Å². The van der Waals surface area contributed by atoms with Crippen molar-refractivity contribution < 1.29 is 22.2 Å². The molecular weight excluding hydrogens is 502 g/mol. The van der Waals surface area contributed by atoms with Crippen LogP contribution in [0.4, 0.5) is 5.95 Å². The lowest BCUT2D eigenvalue weighted by Crippen LogP contribution is -2.39. The smallest absolute Gasteiger partial charge is 0.281 e. The molecule has 1 aromatic heterocycles. The number of imide groups is 1. The Bertz CT molecular complexity index is 1300. The molecule has 0 saturated carbocycles. The third kappa shape index (κ3) is 5.19. The van der Waals surface area contributed by atoms with Crippen molar-refractivity contribution in [2.24, 2.45) is 5.10 Å². The van der Waals surface area contributed by atoms with Crippen LogP contribution in [0.25, 0.3) is 0 Å². The lowest BCUT2D eigenvalue weighted by atomic mass is 10.2. The van der Waals surface area contributed by atoms with E-state index in [4.69, 9.17) is 15.8 Å². The standard InChI is InChI=1S/C21H16ClN5O5S2/c1-13-18(20(29)27(25-13)19(28)14-3-5-15(22)6-4-14)34(31)32-16-7-9-17(10-8-16)33(30)26-21-23-11-2-12-24-21/h2-12,18H,1H3,(H,23,24,26). The molecule has 174 valence electrons. The minimum atomic E-state index is -2.16. The fourth-order valence-electron chi connectivity index (χ4n) is 2.89. The number of halogens is 1. The number of rotatable bonds is 7. The summed E-state index contributed by atoms with van der Waals surface area (Å²) in [5, 5.41) is 3.84. The maximum Gasteiger partial charge on any atom is 0.281 e.